The van der Waals surface area contributed by atoms with E-state index in [0.717, 1.165) is 50.1 Å². The maximum atomic E-state index is 7.04. The SMILES string of the molecule is CC(C)(C)C1=C(C(C)(C)C)N(c2cc(C(C)(C)C)cc(C(C)(C)c3ccccc3)c2)[CH-]N1c1[c-]c(Oc2[c-]c3c(cc2)c2cc(-c4ccccc4)ccc2n3-c2cc(C(C)(C)C)ccn2)cc(C(C)(C)C)c1.[Pt]. The van der Waals surface area contributed by atoms with Crippen molar-refractivity contribution in [3.8, 4) is 28.4 Å². The number of nitrogens with zero attached hydrogens (tertiary/aromatic N) is 4. The third-order valence-electron chi connectivity index (χ3n) is 14.4. The molecule has 0 unspecified atom stereocenters. The molecule has 2 aromatic heterocycles. The summed E-state index contributed by atoms with van der Waals surface area (Å²) >= 11 is 0. The van der Waals surface area contributed by atoms with Crippen LogP contribution in [0.3, 0.4) is 0 Å². The van der Waals surface area contributed by atoms with Gasteiger partial charge in [-0.05, 0) is 85.3 Å². The van der Waals surface area contributed by atoms with Gasteiger partial charge in [-0.25, -0.2) is 4.98 Å². The van der Waals surface area contributed by atoms with Gasteiger partial charge in [-0.2, -0.15) is 6.07 Å². The first-order valence-electron chi connectivity index (χ1n) is 25.8. The molecule has 5 nitrogen and oxygen atoms in total. The van der Waals surface area contributed by atoms with Crippen molar-refractivity contribution in [3.05, 3.63) is 198 Å². The van der Waals surface area contributed by atoms with E-state index in [4.69, 9.17) is 9.72 Å². The number of hydrogen-bond donors (Lipinski definition) is 0. The van der Waals surface area contributed by atoms with E-state index in [1.807, 2.05) is 6.20 Å². The average Bonchev–Trinajstić information content (AvgIpc) is 3.89. The van der Waals surface area contributed by atoms with Crippen molar-refractivity contribution in [2.45, 2.75) is 139 Å². The van der Waals surface area contributed by atoms with Crippen molar-refractivity contribution >= 4 is 33.2 Å². The van der Waals surface area contributed by atoms with Gasteiger partial charge in [-0.15, -0.1) is 53.6 Å². The van der Waals surface area contributed by atoms with Crippen LogP contribution in [-0.4, -0.2) is 9.55 Å². The van der Waals surface area contributed by atoms with Gasteiger partial charge >= 0.3 is 0 Å². The van der Waals surface area contributed by atoms with Gasteiger partial charge < -0.3 is 19.1 Å². The van der Waals surface area contributed by atoms with Gasteiger partial charge in [0.25, 0.3) is 0 Å². The van der Waals surface area contributed by atoms with Crippen LogP contribution in [0.2, 0.25) is 0 Å². The van der Waals surface area contributed by atoms with Crippen molar-refractivity contribution < 1.29 is 25.8 Å². The summed E-state index contributed by atoms with van der Waals surface area (Å²) in [6.07, 6.45) is 1.92. The molecule has 0 fully saturated rings. The Morgan fingerprint density at radius 2 is 1.04 bits per heavy atom. The number of rotatable bonds is 8. The first kappa shape index (κ1) is 53.4. The molecule has 73 heavy (non-hydrogen) atoms. The Hall–Kier alpha value is -5.90. The number of fused-ring (bicyclic) bond motifs is 3. The fourth-order valence-electron chi connectivity index (χ4n) is 10.1. The molecule has 0 amide bonds. The van der Waals surface area contributed by atoms with E-state index >= 15 is 0 Å². The average molecular weight is 1150 g/mol. The number of pyridine rings is 1. The summed E-state index contributed by atoms with van der Waals surface area (Å²) in [5, 5.41) is 2.22. The number of allylic oxidation sites excluding steroid dienone is 2. The van der Waals surface area contributed by atoms with Gasteiger partial charge in [-0.1, -0.05) is 202 Å². The van der Waals surface area contributed by atoms with Crippen molar-refractivity contribution in [3.63, 3.8) is 0 Å². The zero-order valence-corrected chi connectivity index (χ0v) is 48.6. The van der Waals surface area contributed by atoms with Gasteiger partial charge in [0.05, 0.1) is 0 Å². The predicted octanol–water partition coefficient (Wildman–Crippen LogP) is 18.2. The first-order valence-corrected chi connectivity index (χ1v) is 25.8. The number of hydrogen-bond acceptors (Lipinski definition) is 4. The molecule has 6 aromatic carbocycles. The molecule has 0 bridgehead atoms. The Morgan fingerprint density at radius 3 is 1.66 bits per heavy atom. The molecule has 0 radical (unpaired) electrons. The van der Waals surface area contributed by atoms with Crippen molar-refractivity contribution in [1.82, 2.24) is 9.55 Å². The van der Waals surface area contributed by atoms with E-state index in [-0.39, 0.29) is 53.6 Å². The molecule has 3 heterocycles. The van der Waals surface area contributed by atoms with Gasteiger partial charge in [-0.3, -0.25) is 0 Å². The molecule has 0 saturated heterocycles. The zero-order chi connectivity index (χ0) is 51.9. The summed E-state index contributed by atoms with van der Waals surface area (Å²) in [5.41, 5.74) is 14.1. The number of aromatic nitrogens is 2. The molecule has 0 saturated carbocycles. The van der Waals surface area contributed by atoms with Crippen LogP contribution in [0.15, 0.2) is 151 Å². The summed E-state index contributed by atoms with van der Waals surface area (Å²) in [6.45, 7) is 41.5. The monoisotopic (exact) mass is 1150 g/mol. The minimum atomic E-state index is -0.251. The number of ether oxygens (including phenoxy) is 1. The second-order valence-corrected chi connectivity index (χ2v) is 25.7. The van der Waals surface area contributed by atoms with Gasteiger partial charge in [0, 0.05) is 77.6 Å². The summed E-state index contributed by atoms with van der Waals surface area (Å²) in [6, 6.07) is 56.1. The standard InChI is InChI=1S/C67H75N4O.Pt/c1-62(2,3)47-32-33-68-59(40-47)71-57-31-28-45(44-24-20-18-21-25-44)34-56(57)55-30-29-53(42-58(55)71)72-54-39-49(64(7,8)9)37-52(41-54)70-43-69(60(65(10,11)12)61(70)66(13,14)15)51-36-48(63(4,5)6)35-50(38-51)67(16,17)46-26-22-19-23-27-46;/h18-40,43H,1-17H3;/q-3;. The maximum Gasteiger partial charge on any atom is 0.135 e. The number of anilines is 2. The molecule has 1 aliphatic heterocycles. The van der Waals surface area contributed by atoms with Crippen LogP contribution in [0.4, 0.5) is 11.4 Å². The number of benzene rings is 6. The van der Waals surface area contributed by atoms with E-state index < -0.39 is 0 Å². The van der Waals surface area contributed by atoms with E-state index in [9.17, 15) is 0 Å². The minimum absolute atomic E-state index is 0. The molecule has 1 aliphatic rings. The Labute approximate surface area is 452 Å². The summed E-state index contributed by atoms with van der Waals surface area (Å²) in [7, 11) is 0. The Balaban J connectivity index is 0.00000711. The maximum absolute atomic E-state index is 7.04. The van der Waals surface area contributed by atoms with E-state index in [2.05, 4.69) is 284 Å². The van der Waals surface area contributed by atoms with Crippen molar-refractivity contribution in [1.29, 1.82) is 0 Å². The van der Waals surface area contributed by atoms with Crippen LogP contribution >= 0.6 is 0 Å². The van der Waals surface area contributed by atoms with Crippen LogP contribution in [0.25, 0.3) is 38.8 Å². The second-order valence-electron chi connectivity index (χ2n) is 25.7. The van der Waals surface area contributed by atoms with E-state index in [1.165, 1.54) is 39.2 Å². The summed E-state index contributed by atoms with van der Waals surface area (Å²) < 4.78 is 9.28. The zero-order valence-electron chi connectivity index (χ0n) is 46.4. The smallest absolute Gasteiger partial charge is 0.135 e. The third kappa shape index (κ3) is 10.6. The summed E-state index contributed by atoms with van der Waals surface area (Å²) in [5.74, 6) is 2.09. The normalized spacial score (nSPS) is 14.1. The van der Waals surface area contributed by atoms with E-state index in [0.29, 0.717) is 11.5 Å². The molecule has 9 rings (SSSR count). The molecule has 0 N–H and O–H groups in total. The fraction of sp³-hybridized carbons (Fsp3) is 0.343. The molecule has 0 atom stereocenters. The molecule has 0 spiro atoms. The quantitative estimate of drug-likeness (QED) is 0.142. The largest absolute Gasteiger partial charge is 0.509 e. The van der Waals surface area contributed by atoms with Crippen LogP contribution in [0.5, 0.6) is 11.5 Å². The Kier molecular flexibility index (Phi) is 14.0. The topological polar surface area (TPSA) is 33.5 Å². The minimum Gasteiger partial charge on any atom is -0.509 e. The van der Waals surface area contributed by atoms with Gasteiger partial charge in [0.2, 0.25) is 0 Å². The molecular formula is C67H75N4OPt-3. The van der Waals surface area contributed by atoms with Crippen LogP contribution < -0.4 is 14.5 Å². The predicted molar refractivity (Wildman–Crippen MR) is 305 cm³/mol. The summed E-state index contributed by atoms with van der Waals surface area (Å²) in [4.78, 5) is 9.84. The van der Waals surface area contributed by atoms with E-state index in [1.54, 1.807) is 0 Å². The van der Waals surface area contributed by atoms with Crippen LogP contribution in [0.1, 0.15) is 146 Å². The second kappa shape index (κ2) is 19.1. The van der Waals surface area contributed by atoms with Gasteiger partial charge in [0.1, 0.15) is 5.82 Å². The molecule has 8 aromatic rings. The van der Waals surface area contributed by atoms with Crippen molar-refractivity contribution in [2.75, 3.05) is 9.80 Å². The Bertz CT molecular complexity index is 3340. The first-order chi connectivity index (χ1) is 33.6. The van der Waals surface area contributed by atoms with Crippen LogP contribution in [0, 0.1) is 29.6 Å². The fourth-order valence-corrected chi connectivity index (χ4v) is 10.1. The Morgan fingerprint density at radius 1 is 0.452 bits per heavy atom. The molecule has 6 heteroatoms. The van der Waals surface area contributed by atoms with Crippen molar-refractivity contribution in [2.24, 2.45) is 10.8 Å². The third-order valence-corrected chi connectivity index (χ3v) is 14.4. The molecule has 0 aliphatic carbocycles. The molecule has 382 valence electrons. The van der Waals surface area contributed by atoms with Gasteiger partial charge in [0.15, 0.2) is 0 Å². The molecular weight excluding hydrogens is 1070 g/mol. The van der Waals surface area contributed by atoms with Crippen LogP contribution in [-0.2, 0) is 42.7 Å².